The number of hydrogen-bond acceptors (Lipinski definition) is 8. The fraction of sp³-hybridized carbons (Fsp3) is 0.158. The van der Waals surface area contributed by atoms with Crippen LogP contribution in [0.2, 0.25) is 0 Å². The molecule has 0 saturated carbocycles. The molecule has 0 bridgehead atoms. The van der Waals surface area contributed by atoms with Gasteiger partial charge in [0.1, 0.15) is 10.7 Å². The van der Waals surface area contributed by atoms with Crippen LogP contribution < -0.4 is 14.8 Å². The molecular formula is C19H17N5O3S2. The molecule has 0 aliphatic rings. The predicted octanol–water partition coefficient (Wildman–Crippen LogP) is 3.94. The van der Waals surface area contributed by atoms with E-state index in [2.05, 4.69) is 20.4 Å². The van der Waals surface area contributed by atoms with E-state index in [-0.39, 0.29) is 5.91 Å². The van der Waals surface area contributed by atoms with Crippen molar-refractivity contribution in [1.82, 2.24) is 19.7 Å². The van der Waals surface area contributed by atoms with Crippen LogP contribution in [0.5, 0.6) is 11.5 Å². The SMILES string of the molecule is COc1ccc(-c2csc(NC(=O)c3csc(-c4cnn(C)c4)n3)n2)cc1OC. The summed E-state index contributed by atoms with van der Waals surface area (Å²) in [6.07, 6.45) is 3.58. The summed E-state index contributed by atoms with van der Waals surface area (Å²) < 4.78 is 12.3. The van der Waals surface area contributed by atoms with Crippen LogP contribution in [0, 0.1) is 0 Å². The summed E-state index contributed by atoms with van der Waals surface area (Å²) in [4.78, 5) is 21.4. The predicted molar refractivity (Wildman–Crippen MR) is 113 cm³/mol. The number of anilines is 1. The first-order valence-corrected chi connectivity index (χ1v) is 10.3. The normalized spacial score (nSPS) is 10.7. The fourth-order valence-electron chi connectivity index (χ4n) is 2.66. The zero-order chi connectivity index (χ0) is 20.4. The van der Waals surface area contributed by atoms with Gasteiger partial charge in [-0.2, -0.15) is 5.10 Å². The van der Waals surface area contributed by atoms with Gasteiger partial charge in [-0.1, -0.05) is 0 Å². The topological polar surface area (TPSA) is 91.2 Å². The fourth-order valence-corrected chi connectivity index (χ4v) is 4.15. The second kappa shape index (κ2) is 8.02. The first kappa shape index (κ1) is 19.1. The van der Waals surface area contributed by atoms with Crippen molar-refractivity contribution < 1.29 is 14.3 Å². The average Bonchev–Trinajstić information content (AvgIpc) is 3.48. The molecule has 0 saturated heterocycles. The molecule has 4 aromatic rings. The number of aryl methyl sites for hydroxylation is 1. The van der Waals surface area contributed by atoms with Gasteiger partial charge in [0, 0.05) is 35.1 Å². The number of rotatable bonds is 6. The Morgan fingerprint density at radius 3 is 2.62 bits per heavy atom. The Kier molecular flexibility index (Phi) is 5.28. The van der Waals surface area contributed by atoms with Gasteiger partial charge in [-0.25, -0.2) is 9.97 Å². The highest BCUT2D eigenvalue weighted by Crippen LogP contribution is 2.33. The van der Waals surface area contributed by atoms with Crippen LogP contribution in [-0.2, 0) is 7.05 Å². The number of carbonyl (C=O) groups is 1. The number of methoxy groups -OCH3 is 2. The summed E-state index contributed by atoms with van der Waals surface area (Å²) >= 11 is 2.74. The lowest BCUT2D eigenvalue weighted by molar-refractivity contribution is 0.102. The number of nitrogens with zero attached hydrogens (tertiary/aromatic N) is 4. The monoisotopic (exact) mass is 427 g/mol. The number of nitrogens with one attached hydrogen (secondary N) is 1. The van der Waals surface area contributed by atoms with E-state index in [0.29, 0.717) is 22.3 Å². The van der Waals surface area contributed by atoms with Gasteiger partial charge in [0.05, 0.1) is 26.1 Å². The Labute approximate surface area is 174 Å². The summed E-state index contributed by atoms with van der Waals surface area (Å²) in [5, 5.41) is 11.8. The molecule has 1 amide bonds. The van der Waals surface area contributed by atoms with Crippen LogP contribution in [0.1, 0.15) is 10.5 Å². The summed E-state index contributed by atoms with van der Waals surface area (Å²) in [6.45, 7) is 0. The molecule has 0 aliphatic carbocycles. The second-order valence-electron chi connectivity index (χ2n) is 6.00. The van der Waals surface area contributed by atoms with Crippen LogP contribution in [0.3, 0.4) is 0 Å². The molecule has 0 fully saturated rings. The van der Waals surface area contributed by atoms with E-state index >= 15 is 0 Å². The number of thiazole rings is 2. The van der Waals surface area contributed by atoms with E-state index < -0.39 is 0 Å². The Balaban J connectivity index is 1.49. The number of ether oxygens (including phenoxy) is 2. The molecule has 10 heteroatoms. The van der Waals surface area contributed by atoms with Gasteiger partial charge in [-0.15, -0.1) is 22.7 Å². The van der Waals surface area contributed by atoms with Crippen molar-refractivity contribution in [3.8, 4) is 33.3 Å². The molecule has 0 radical (unpaired) electrons. The van der Waals surface area contributed by atoms with Crippen molar-refractivity contribution in [2.45, 2.75) is 0 Å². The Bertz CT molecular complexity index is 1160. The third-order valence-corrected chi connectivity index (χ3v) is 5.74. The summed E-state index contributed by atoms with van der Waals surface area (Å²) in [5.74, 6) is 0.964. The van der Waals surface area contributed by atoms with E-state index in [9.17, 15) is 4.79 Å². The zero-order valence-electron chi connectivity index (χ0n) is 15.9. The van der Waals surface area contributed by atoms with Gasteiger partial charge in [0.2, 0.25) is 0 Å². The minimum absolute atomic E-state index is 0.301. The number of amides is 1. The number of aromatic nitrogens is 4. The van der Waals surface area contributed by atoms with Crippen molar-refractivity contribution in [3.63, 3.8) is 0 Å². The van der Waals surface area contributed by atoms with E-state index in [1.165, 1.54) is 22.7 Å². The molecule has 3 heterocycles. The number of benzene rings is 1. The van der Waals surface area contributed by atoms with Crippen LogP contribution in [0.4, 0.5) is 5.13 Å². The maximum Gasteiger partial charge on any atom is 0.276 e. The van der Waals surface area contributed by atoms with E-state index in [1.807, 2.05) is 36.8 Å². The smallest absolute Gasteiger partial charge is 0.276 e. The van der Waals surface area contributed by atoms with E-state index in [4.69, 9.17) is 9.47 Å². The molecule has 0 spiro atoms. The lowest BCUT2D eigenvalue weighted by atomic mass is 10.1. The number of hydrogen-bond donors (Lipinski definition) is 1. The summed E-state index contributed by atoms with van der Waals surface area (Å²) in [7, 11) is 5.01. The van der Waals surface area contributed by atoms with Crippen molar-refractivity contribution in [1.29, 1.82) is 0 Å². The van der Waals surface area contributed by atoms with Crippen LogP contribution in [-0.4, -0.2) is 39.9 Å². The Morgan fingerprint density at radius 1 is 1.07 bits per heavy atom. The molecule has 29 heavy (non-hydrogen) atoms. The Hall–Kier alpha value is -3.24. The lowest BCUT2D eigenvalue weighted by Crippen LogP contribution is -2.12. The van der Waals surface area contributed by atoms with Crippen LogP contribution in [0.25, 0.3) is 21.8 Å². The lowest BCUT2D eigenvalue weighted by Gasteiger charge is -2.08. The molecule has 0 unspecified atom stereocenters. The van der Waals surface area contributed by atoms with Gasteiger partial charge in [-0.05, 0) is 18.2 Å². The highest BCUT2D eigenvalue weighted by molar-refractivity contribution is 7.14. The molecule has 1 aromatic carbocycles. The molecule has 1 N–H and O–H groups in total. The molecule has 4 rings (SSSR count). The van der Waals surface area contributed by atoms with E-state index in [1.54, 1.807) is 30.5 Å². The number of carbonyl (C=O) groups excluding carboxylic acids is 1. The largest absolute Gasteiger partial charge is 0.493 e. The third kappa shape index (κ3) is 3.98. The molecule has 3 aromatic heterocycles. The first-order chi connectivity index (χ1) is 14.1. The third-order valence-electron chi connectivity index (χ3n) is 4.09. The van der Waals surface area contributed by atoms with Gasteiger partial charge in [0.15, 0.2) is 16.6 Å². The van der Waals surface area contributed by atoms with Crippen molar-refractivity contribution >= 4 is 33.7 Å². The van der Waals surface area contributed by atoms with Crippen LogP contribution >= 0.6 is 22.7 Å². The van der Waals surface area contributed by atoms with Gasteiger partial charge in [-0.3, -0.25) is 14.8 Å². The van der Waals surface area contributed by atoms with Crippen molar-refractivity contribution in [3.05, 3.63) is 47.0 Å². The zero-order valence-corrected chi connectivity index (χ0v) is 17.5. The molecule has 0 aliphatic heterocycles. The van der Waals surface area contributed by atoms with Crippen molar-refractivity contribution in [2.24, 2.45) is 7.05 Å². The average molecular weight is 428 g/mol. The molecular weight excluding hydrogens is 410 g/mol. The second-order valence-corrected chi connectivity index (χ2v) is 7.72. The minimum Gasteiger partial charge on any atom is -0.493 e. The van der Waals surface area contributed by atoms with E-state index in [0.717, 1.165) is 21.8 Å². The van der Waals surface area contributed by atoms with Crippen LogP contribution in [0.15, 0.2) is 41.4 Å². The van der Waals surface area contributed by atoms with Crippen molar-refractivity contribution in [2.75, 3.05) is 19.5 Å². The van der Waals surface area contributed by atoms with Gasteiger partial charge >= 0.3 is 0 Å². The molecule has 0 atom stereocenters. The Morgan fingerprint density at radius 2 is 1.90 bits per heavy atom. The highest BCUT2D eigenvalue weighted by Gasteiger charge is 2.15. The highest BCUT2D eigenvalue weighted by atomic mass is 32.1. The minimum atomic E-state index is -0.301. The quantitative estimate of drug-likeness (QED) is 0.501. The standard InChI is InChI=1S/C19H17N5O3S2/c1-24-8-12(7-20-24)18-21-14(10-28-18)17(25)23-19-22-13(9-29-19)11-4-5-15(26-2)16(6-11)27-3/h4-10H,1-3H3,(H,22,23,25). The van der Waals surface area contributed by atoms with Gasteiger partial charge in [0.25, 0.3) is 5.91 Å². The summed E-state index contributed by atoms with van der Waals surface area (Å²) in [6, 6.07) is 5.56. The first-order valence-electron chi connectivity index (χ1n) is 8.51. The maximum atomic E-state index is 12.5. The van der Waals surface area contributed by atoms with Gasteiger partial charge < -0.3 is 9.47 Å². The molecule has 148 valence electrons. The maximum absolute atomic E-state index is 12.5. The summed E-state index contributed by atoms with van der Waals surface area (Å²) in [5.41, 5.74) is 2.82. The molecule has 8 nitrogen and oxygen atoms in total.